The predicted molar refractivity (Wildman–Crippen MR) is 66.9 cm³/mol. The number of nitrogens with zero attached hydrogens (tertiary/aromatic N) is 3. The van der Waals surface area contributed by atoms with Crippen LogP contribution in [0.2, 0.25) is 0 Å². The molecule has 0 aromatic carbocycles. The molecule has 0 bridgehead atoms. The number of hydrogen-bond donors (Lipinski definition) is 1. The maximum absolute atomic E-state index is 11.4. The van der Waals surface area contributed by atoms with Gasteiger partial charge in [0.25, 0.3) is 0 Å². The van der Waals surface area contributed by atoms with Crippen LogP contribution in [0.3, 0.4) is 0 Å². The summed E-state index contributed by atoms with van der Waals surface area (Å²) in [6.45, 7) is 0.406. The number of rotatable bonds is 5. The molecule has 0 saturated carbocycles. The zero-order chi connectivity index (χ0) is 11.8. The molecule has 6 nitrogen and oxygen atoms in total. The van der Waals surface area contributed by atoms with E-state index in [0.29, 0.717) is 6.54 Å². The number of carbonyl (C=O) groups is 1. The highest BCUT2D eigenvalue weighted by Gasteiger charge is 2.12. The molecule has 0 unspecified atom stereocenters. The van der Waals surface area contributed by atoms with Crippen molar-refractivity contribution in [3.63, 3.8) is 0 Å². The summed E-state index contributed by atoms with van der Waals surface area (Å²) in [6, 6.07) is 2.97. The quantitative estimate of drug-likeness (QED) is 0.508. The normalized spacial score (nSPS) is 9.00. The Kier molecular flexibility index (Phi) is 8.00. The first kappa shape index (κ1) is 15.6. The molecule has 1 N–H and O–H groups in total. The Morgan fingerprint density at radius 1 is 1.47 bits per heavy atom. The standard InChI is InChI=1S/C9H11ClN4O2.ClH/c10-3-6-14(13-16)9(15)12-7-8-1-4-11-5-2-8;/h1-2,4-5H,3,6-7H2,(H,12,15);1H. The first-order chi connectivity index (χ1) is 7.77. The van der Waals surface area contributed by atoms with Gasteiger partial charge >= 0.3 is 6.03 Å². The number of amides is 2. The maximum atomic E-state index is 11.4. The Hall–Kier alpha value is -1.40. The Morgan fingerprint density at radius 3 is 2.65 bits per heavy atom. The lowest BCUT2D eigenvalue weighted by Crippen LogP contribution is -2.36. The lowest BCUT2D eigenvalue weighted by Gasteiger charge is -2.12. The summed E-state index contributed by atoms with van der Waals surface area (Å²) in [4.78, 5) is 25.5. The van der Waals surface area contributed by atoms with Gasteiger partial charge in [0, 0.05) is 24.8 Å². The lowest BCUT2D eigenvalue weighted by atomic mass is 10.3. The van der Waals surface area contributed by atoms with Crippen LogP contribution in [0.25, 0.3) is 0 Å². The molecule has 1 aromatic heterocycles. The molecule has 17 heavy (non-hydrogen) atoms. The highest BCUT2D eigenvalue weighted by atomic mass is 35.5. The predicted octanol–water partition coefficient (Wildman–Crippen LogP) is 1.94. The average Bonchev–Trinajstić information content (AvgIpc) is 2.34. The van der Waals surface area contributed by atoms with Crippen LogP contribution in [0.4, 0.5) is 4.79 Å². The van der Waals surface area contributed by atoms with E-state index in [2.05, 4.69) is 15.6 Å². The van der Waals surface area contributed by atoms with Crippen LogP contribution >= 0.6 is 24.0 Å². The zero-order valence-corrected chi connectivity index (χ0v) is 10.4. The smallest absolute Gasteiger partial charge is 0.332 e. The average molecular weight is 279 g/mol. The third kappa shape index (κ3) is 5.46. The fourth-order valence-corrected chi connectivity index (χ4v) is 1.19. The van der Waals surface area contributed by atoms with E-state index in [9.17, 15) is 9.70 Å². The van der Waals surface area contributed by atoms with Gasteiger partial charge in [-0.2, -0.15) is 5.01 Å². The second kappa shape index (κ2) is 8.72. The Balaban J connectivity index is 0.00000256. The number of halogens is 2. The highest BCUT2D eigenvalue weighted by molar-refractivity contribution is 6.18. The summed E-state index contributed by atoms with van der Waals surface area (Å²) in [5.41, 5.74) is 0.889. The SMILES string of the molecule is Cl.O=NN(CCCl)C(=O)NCc1ccncc1. The van der Waals surface area contributed by atoms with Crippen molar-refractivity contribution in [3.8, 4) is 0 Å². The van der Waals surface area contributed by atoms with Crippen LogP contribution in [-0.2, 0) is 6.54 Å². The van der Waals surface area contributed by atoms with Gasteiger partial charge in [-0.25, -0.2) is 4.79 Å². The number of urea groups is 1. The third-order valence-corrected chi connectivity index (χ3v) is 1.99. The zero-order valence-electron chi connectivity index (χ0n) is 8.88. The molecule has 0 spiro atoms. The molecule has 94 valence electrons. The fraction of sp³-hybridized carbons (Fsp3) is 0.333. The van der Waals surface area contributed by atoms with Crippen LogP contribution < -0.4 is 5.32 Å². The fourth-order valence-electron chi connectivity index (χ4n) is 1.03. The van der Waals surface area contributed by atoms with Crippen molar-refractivity contribution in [2.75, 3.05) is 12.4 Å². The van der Waals surface area contributed by atoms with Crippen LogP contribution in [0.15, 0.2) is 29.8 Å². The number of nitrogens with one attached hydrogen (secondary N) is 1. The second-order valence-corrected chi connectivity index (χ2v) is 3.29. The minimum Gasteiger partial charge on any atom is -0.332 e. The van der Waals surface area contributed by atoms with Gasteiger partial charge < -0.3 is 5.32 Å². The van der Waals surface area contributed by atoms with Crippen LogP contribution in [-0.4, -0.2) is 28.4 Å². The van der Waals surface area contributed by atoms with Crippen molar-refractivity contribution in [1.29, 1.82) is 0 Å². The van der Waals surface area contributed by atoms with E-state index < -0.39 is 6.03 Å². The summed E-state index contributed by atoms with van der Waals surface area (Å²) >= 11 is 5.41. The van der Waals surface area contributed by atoms with Gasteiger partial charge in [-0.05, 0) is 17.7 Å². The van der Waals surface area contributed by atoms with Gasteiger partial charge in [-0.15, -0.1) is 28.9 Å². The minimum atomic E-state index is -0.563. The molecule has 8 heteroatoms. The van der Waals surface area contributed by atoms with Gasteiger partial charge in [0.1, 0.15) is 0 Å². The van der Waals surface area contributed by atoms with E-state index in [1.165, 1.54) is 0 Å². The van der Waals surface area contributed by atoms with Crippen LogP contribution in [0, 0.1) is 4.91 Å². The van der Waals surface area contributed by atoms with Crippen molar-refractivity contribution in [3.05, 3.63) is 35.0 Å². The van der Waals surface area contributed by atoms with Crippen LogP contribution in [0.1, 0.15) is 5.56 Å². The molecule has 2 amide bonds. The maximum Gasteiger partial charge on any atom is 0.340 e. The van der Waals surface area contributed by atoms with E-state index in [-0.39, 0.29) is 24.8 Å². The number of hydrogen-bond acceptors (Lipinski definition) is 4. The molecule has 0 aliphatic carbocycles. The number of aromatic nitrogens is 1. The molecule has 0 saturated heterocycles. The molecule has 0 radical (unpaired) electrons. The number of carbonyl (C=O) groups excluding carboxylic acids is 1. The Labute approximate surface area is 110 Å². The molecular weight excluding hydrogens is 267 g/mol. The Bertz CT molecular complexity index is 350. The molecule has 1 rings (SSSR count). The summed E-state index contributed by atoms with van der Waals surface area (Å²) < 4.78 is 0. The van der Waals surface area contributed by atoms with Gasteiger partial charge in [0.2, 0.25) is 0 Å². The van der Waals surface area contributed by atoms with Crippen molar-refractivity contribution < 1.29 is 4.79 Å². The summed E-state index contributed by atoms with van der Waals surface area (Å²) in [5.74, 6) is 0.161. The van der Waals surface area contributed by atoms with Crippen molar-refractivity contribution in [1.82, 2.24) is 15.3 Å². The molecule has 1 aromatic rings. The number of nitroso groups, excluding NO2 is 1. The monoisotopic (exact) mass is 278 g/mol. The lowest BCUT2D eigenvalue weighted by molar-refractivity contribution is 0.202. The first-order valence-electron chi connectivity index (χ1n) is 4.61. The molecule has 0 aliphatic heterocycles. The number of pyridine rings is 1. The van der Waals surface area contributed by atoms with E-state index >= 15 is 0 Å². The summed E-state index contributed by atoms with van der Waals surface area (Å²) in [6.07, 6.45) is 3.24. The second-order valence-electron chi connectivity index (χ2n) is 2.91. The van der Waals surface area contributed by atoms with Crippen molar-refractivity contribution >= 4 is 30.0 Å². The minimum absolute atomic E-state index is 0. The van der Waals surface area contributed by atoms with Crippen molar-refractivity contribution in [2.24, 2.45) is 5.29 Å². The van der Waals surface area contributed by atoms with Gasteiger partial charge in [-0.3, -0.25) is 4.98 Å². The molecule has 0 atom stereocenters. The molecular formula is C9H12Cl2N4O2. The number of alkyl halides is 1. The van der Waals surface area contributed by atoms with Gasteiger partial charge in [-0.1, -0.05) is 0 Å². The van der Waals surface area contributed by atoms with Crippen molar-refractivity contribution in [2.45, 2.75) is 6.54 Å². The van der Waals surface area contributed by atoms with Crippen LogP contribution in [0.5, 0.6) is 0 Å². The van der Waals surface area contributed by atoms with E-state index in [1.807, 2.05) is 0 Å². The first-order valence-corrected chi connectivity index (χ1v) is 5.15. The van der Waals surface area contributed by atoms with Gasteiger partial charge in [0.05, 0.1) is 11.8 Å². The highest BCUT2D eigenvalue weighted by Crippen LogP contribution is 1.97. The van der Waals surface area contributed by atoms with E-state index in [4.69, 9.17) is 11.6 Å². The summed E-state index contributed by atoms with van der Waals surface area (Å²) in [7, 11) is 0. The summed E-state index contributed by atoms with van der Waals surface area (Å²) in [5, 5.41) is 5.85. The van der Waals surface area contributed by atoms with Gasteiger partial charge in [0.15, 0.2) is 0 Å². The van der Waals surface area contributed by atoms with E-state index in [0.717, 1.165) is 10.6 Å². The largest absolute Gasteiger partial charge is 0.340 e. The Morgan fingerprint density at radius 2 is 2.12 bits per heavy atom. The topological polar surface area (TPSA) is 74.7 Å². The molecule has 0 aliphatic rings. The third-order valence-electron chi connectivity index (χ3n) is 1.82. The van der Waals surface area contributed by atoms with E-state index in [1.54, 1.807) is 24.5 Å². The molecule has 0 fully saturated rings. The molecule has 1 heterocycles.